The van der Waals surface area contributed by atoms with E-state index >= 15 is 0 Å². The normalized spacial score (nSPS) is 22.9. The molecule has 3 N–H and O–H groups in total. The molecule has 0 aliphatic heterocycles. The third-order valence-corrected chi connectivity index (χ3v) is 11.0. The first-order valence-corrected chi connectivity index (χ1v) is 18.9. The van der Waals surface area contributed by atoms with Gasteiger partial charge in [-0.25, -0.2) is 13.8 Å². The summed E-state index contributed by atoms with van der Waals surface area (Å²) in [5.74, 6) is -2.01. The second-order valence-corrected chi connectivity index (χ2v) is 21.2. The number of fused-ring (bicyclic) bond motifs is 1. The van der Waals surface area contributed by atoms with Gasteiger partial charge in [-0.15, -0.1) is 4.72 Å². The molecule has 2 saturated carbocycles. The van der Waals surface area contributed by atoms with Crippen molar-refractivity contribution < 1.29 is 18.1 Å². The molecule has 0 saturated heterocycles. The van der Waals surface area contributed by atoms with Crippen LogP contribution < -0.4 is 10.5 Å². The van der Waals surface area contributed by atoms with Crippen LogP contribution in [0.4, 0.5) is 8.78 Å². The Morgan fingerprint density at radius 2 is 1.95 bits per heavy atom. The quantitative estimate of drug-likeness (QED) is 0.179. The number of nitrogens with zero attached hydrogens (tertiary/aromatic N) is 2. The van der Waals surface area contributed by atoms with Gasteiger partial charge in [-0.05, 0) is 82.0 Å². The second-order valence-electron chi connectivity index (χ2n) is 13.5. The number of nitrogens with two attached hydrogens (primary N) is 1. The van der Waals surface area contributed by atoms with E-state index < -0.39 is 42.1 Å². The number of hydrogen-bond acceptors (Lipinski definition) is 5. The van der Waals surface area contributed by atoms with Crippen molar-refractivity contribution in [1.82, 2.24) is 14.3 Å². The van der Waals surface area contributed by atoms with E-state index in [1.54, 1.807) is 0 Å². The maximum Gasteiger partial charge on any atom is 0.248 e. The highest BCUT2D eigenvalue weighted by Gasteiger charge is 2.44. The van der Waals surface area contributed by atoms with Crippen LogP contribution >= 0.6 is 0 Å². The van der Waals surface area contributed by atoms with Crippen LogP contribution in [0.1, 0.15) is 82.8 Å². The Hall–Kier alpha value is -1.04. The molecule has 2 aromatic rings. The van der Waals surface area contributed by atoms with Crippen molar-refractivity contribution in [1.29, 1.82) is 0 Å². The zero-order chi connectivity index (χ0) is 27.9. The molecular weight excluding hydrogens is 522 g/mol. The molecule has 1 heterocycles. The summed E-state index contributed by atoms with van der Waals surface area (Å²) < 4.78 is 53.4. The minimum absolute atomic E-state index is 0.0293. The molecule has 6 nitrogen and oxygen atoms in total. The molecule has 0 unspecified atom stereocenters. The summed E-state index contributed by atoms with van der Waals surface area (Å²) in [7, 11) is -1.29. The number of halogens is 2. The van der Waals surface area contributed by atoms with E-state index in [0.29, 0.717) is 31.2 Å². The van der Waals surface area contributed by atoms with Crippen molar-refractivity contribution in [3.8, 4) is 0 Å². The van der Waals surface area contributed by atoms with Crippen molar-refractivity contribution >= 4 is 30.5 Å². The Morgan fingerprint density at radius 3 is 2.55 bits per heavy atom. The number of hydrogen-bond donors (Lipinski definition) is 2. The number of aromatic nitrogens is 2. The SMILES string of the molecule is CC(C)(C)[S@@+]([O-])N[C@H](c1nc2ccc([C@H](N)C3CC3)cc2n1COCC[Si](C)(C)C)[C@@H]1CCCC(F)(F)C1. The molecule has 0 amide bonds. The van der Waals surface area contributed by atoms with Gasteiger partial charge in [0.1, 0.15) is 23.3 Å². The average Bonchev–Trinajstić information content (AvgIpc) is 3.59. The summed E-state index contributed by atoms with van der Waals surface area (Å²) in [6.45, 7) is 13.5. The van der Waals surface area contributed by atoms with Gasteiger partial charge < -0.3 is 19.6 Å². The van der Waals surface area contributed by atoms with Gasteiger partial charge in [0.15, 0.2) is 0 Å². The molecule has 1 aromatic carbocycles. The topological polar surface area (TPSA) is 88.2 Å². The molecule has 0 spiro atoms. The monoisotopic (exact) mass is 568 g/mol. The Balaban J connectivity index is 1.75. The highest BCUT2D eigenvalue weighted by molar-refractivity contribution is 7.90. The van der Waals surface area contributed by atoms with Gasteiger partial charge in [-0.3, -0.25) is 0 Å². The van der Waals surface area contributed by atoms with E-state index in [2.05, 4.69) is 30.4 Å². The standard InChI is InChI=1S/C28H46F2N4O2SSi/c1-27(2,3)37(35)33-25(21-8-7-13-28(29,30)17-21)26-32-22-12-11-20(24(31)19-9-10-19)16-23(22)34(26)18-36-14-15-38(4,5)6/h11-12,16,19,21,24-25,33H,7-10,13-15,17-18,31H2,1-6H3/t21-,24-,25+,37-/m1/s1. The molecule has 0 radical (unpaired) electrons. The fourth-order valence-corrected chi connectivity index (χ4v) is 6.79. The summed E-state index contributed by atoms with van der Waals surface area (Å²) in [6, 6.07) is 6.50. The fraction of sp³-hybridized carbons (Fsp3) is 0.750. The smallest absolute Gasteiger partial charge is 0.248 e. The number of ether oxygens (including phenoxy) is 1. The van der Waals surface area contributed by atoms with Crippen LogP contribution in [0, 0.1) is 11.8 Å². The molecule has 38 heavy (non-hydrogen) atoms. The van der Waals surface area contributed by atoms with E-state index in [1.165, 1.54) is 0 Å². The number of rotatable bonds is 11. The van der Waals surface area contributed by atoms with Crippen molar-refractivity contribution in [2.24, 2.45) is 17.6 Å². The number of alkyl halides is 2. The third kappa shape index (κ3) is 7.57. The summed E-state index contributed by atoms with van der Waals surface area (Å²) in [5, 5.41) is 0. The predicted octanol–water partition coefficient (Wildman–Crippen LogP) is 6.68. The van der Waals surface area contributed by atoms with Crippen LogP contribution in [0.3, 0.4) is 0 Å². The predicted molar refractivity (Wildman–Crippen MR) is 154 cm³/mol. The molecule has 0 bridgehead atoms. The van der Waals surface area contributed by atoms with E-state index in [4.69, 9.17) is 15.5 Å². The highest BCUT2D eigenvalue weighted by Crippen LogP contribution is 2.44. The van der Waals surface area contributed by atoms with Crippen molar-refractivity contribution in [3.05, 3.63) is 29.6 Å². The first kappa shape index (κ1) is 29.9. The first-order chi connectivity index (χ1) is 17.6. The highest BCUT2D eigenvalue weighted by atomic mass is 32.2. The molecule has 2 aliphatic rings. The summed E-state index contributed by atoms with van der Waals surface area (Å²) in [4.78, 5) is 4.97. The lowest BCUT2D eigenvalue weighted by atomic mass is 9.81. The van der Waals surface area contributed by atoms with E-state index in [-0.39, 0.29) is 25.6 Å². The maximum absolute atomic E-state index is 14.6. The van der Waals surface area contributed by atoms with Gasteiger partial charge in [-0.2, -0.15) is 0 Å². The number of imidazole rings is 1. The van der Waals surface area contributed by atoms with Gasteiger partial charge in [0.2, 0.25) is 5.92 Å². The number of benzene rings is 1. The van der Waals surface area contributed by atoms with Crippen LogP contribution in [0.2, 0.25) is 25.7 Å². The second kappa shape index (κ2) is 11.4. The lowest BCUT2D eigenvalue weighted by molar-refractivity contribution is -0.0580. The molecule has 10 heteroatoms. The molecule has 1 aromatic heterocycles. The molecular formula is C28H46F2N4O2SSi. The molecule has 4 atom stereocenters. The number of nitrogens with one attached hydrogen (secondary N) is 1. The van der Waals surface area contributed by atoms with E-state index in [1.807, 2.05) is 37.5 Å². The summed E-state index contributed by atoms with van der Waals surface area (Å²) in [5.41, 5.74) is 9.26. The molecule has 2 fully saturated rings. The van der Waals surface area contributed by atoms with Crippen molar-refractivity contribution in [3.63, 3.8) is 0 Å². The zero-order valence-electron chi connectivity index (χ0n) is 23.9. The van der Waals surface area contributed by atoms with Crippen LogP contribution in [-0.4, -0.2) is 39.5 Å². The minimum atomic E-state index is -2.74. The Labute approximate surface area is 230 Å². The Bertz CT molecular complexity index is 1100. The van der Waals surface area contributed by atoms with Gasteiger partial charge in [0, 0.05) is 44.9 Å². The van der Waals surface area contributed by atoms with Gasteiger partial charge in [-0.1, -0.05) is 25.7 Å². The maximum atomic E-state index is 14.6. The first-order valence-electron chi connectivity index (χ1n) is 14.0. The third-order valence-electron chi connectivity index (χ3n) is 7.75. The van der Waals surface area contributed by atoms with Gasteiger partial charge >= 0.3 is 0 Å². The van der Waals surface area contributed by atoms with Crippen LogP contribution in [0.15, 0.2) is 18.2 Å². The zero-order valence-corrected chi connectivity index (χ0v) is 25.7. The van der Waals surface area contributed by atoms with Gasteiger partial charge in [0.25, 0.3) is 0 Å². The van der Waals surface area contributed by atoms with Gasteiger partial charge in [0.05, 0.1) is 11.0 Å². The Morgan fingerprint density at radius 1 is 1.24 bits per heavy atom. The van der Waals surface area contributed by atoms with Crippen LogP contribution in [0.5, 0.6) is 0 Å². The molecule has 4 rings (SSSR count). The minimum Gasteiger partial charge on any atom is -0.598 e. The average molecular weight is 569 g/mol. The van der Waals surface area contributed by atoms with E-state index in [0.717, 1.165) is 35.5 Å². The largest absolute Gasteiger partial charge is 0.598 e. The fourth-order valence-electron chi connectivity index (χ4n) is 5.15. The lowest BCUT2D eigenvalue weighted by Crippen LogP contribution is -2.45. The molecule has 214 valence electrons. The van der Waals surface area contributed by atoms with E-state index in [9.17, 15) is 13.3 Å². The summed E-state index contributed by atoms with van der Waals surface area (Å²) in [6.07, 6.45) is 3.01. The lowest BCUT2D eigenvalue weighted by Gasteiger charge is -2.36. The van der Waals surface area contributed by atoms with Crippen LogP contribution in [-0.2, 0) is 22.8 Å². The van der Waals surface area contributed by atoms with Crippen LogP contribution in [0.25, 0.3) is 11.0 Å². The summed E-state index contributed by atoms with van der Waals surface area (Å²) >= 11 is -1.46. The Kier molecular flexibility index (Phi) is 9.01. The van der Waals surface area contributed by atoms with Crippen molar-refractivity contribution in [2.45, 2.75) is 114 Å². The molecule has 2 aliphatic carbocycles. The van der Waals surface area contributed by atoms with Crippen molar-refractivity contribution in [2.75, 3.05) is 6.61 Å².